The minimum Gasteiger partial charge on any atom is -0.508 e. The quantitative estimate of drug-likeness (QED) is 0.572. The van der Waals surface area contributed by atoms with E-state index in [1.165, 1.54) is 6.07 Å². The van der Waals surface area contributed by atoms with Gasteiger partial charge in [-0.2, -0.15) is 0 Å². The Morgan fingerprint density at radius 1 is 1.14 bits per heavy atom. The van der Waals surface area contributed by atoms with Crippen molar-refractivity contribution in [3.8, 4) is 11.5 Å². The van der Waals surface area contributed by atoms with E-state index in [0.717, 1.165) is 16.6 Å². The highest BCUT2D eigenvalue weighted by Crippen LogP contribution is 2.23. The molecule has 1 heterocycles. The maximum Gasteiger partial charge on any atom is 0.336 e. The molecule has 2 N–H and O–H groups in total. The molecule has 0 fully saturated rings. The molecule has 0 unspecified atom stereocenters. The van der Waals surface area contributed by atoms with Crippen LogP contribution in [0.4, 0.5) is 5.69 Å². The van der Waals surface area contributed by atoms with Gasteiger partial charge in [0.05, 0.1) is 7.11 Å². The summed E-state index contributed by atoms with van der Waals surface area (Å²) in [5.74, 6) is 0.850. The van der Waals surface area contributed by atoms with Crippen LogP contribution in [0.15, 0.2) is 57.7 Å². The van der Waals surface area contributed by atoms with Crippen LogP contribution in [0.3, 0.4) is 0 Å². The highest BCUT2D eigenvalue weighted by molar-refractivity contribution is 5.81. The van der Waals surface area contributed by atoms with Crippen LogP contribution in [0, 0.1) is 0 Å². The molecular weight excluding hydrogens is 282 g/mol. The molecular formula is C17H15NO4. The molecule has 0 aliphatic carbocycles. The molecule has 0 radical (unpaired) electrons. The molecule has 3 aromatic rings. The lowest BCUT2D eigenvalue weighted by Gasteiger charge is -2.09. The van der Waals surface area contributed by atoms with E-state index >= 15 is 0 Å². The van der Waals surface area contributed by atoms with Crippen LogP contribution in [0.2, 0.25) is 0 Å². The van der Waals surface area contributed by atoms with Crippen LogP contribution in [0.5, 0.6) is 11.5 Å². The van der Waals surface area contributed by atoms with E-state index in [1.54, 1.807) is 37.4 Å². The van der Waals surface area contributed by atoms with Crippen molar-refractivity contribution in [3.63, 3.8) is 0 Å². The third kappa shape index (κ3) is 2.88. The highest BCUT2D eigenvalue weighted by Gasteiger charge is 2.07. The number of hydrogen-bond donors (Lipinski definition) is 2. The lowest BCUT2D eigenvalue weighted by atomic mass is 10.1. The Kier molecular flexibility index (Phi) is 3.70. The molecule has 0 aliphatic heterocycles. The summed E-state index contributed by atoms with van der Waals surface area (Å²) in [5.41, 5.74) is 1.78. The van der Waals surface area contributed by atoms with Gasteiger partial charge in [0.15, 0.2) is 0 Å². The monoisotopic (exact) mass is 297 g/mol. The van der Waals surface area contributed by atoms with E-state index in [4.69, 9.17) is 9.15 Å². The van der Waals surface area contributed by atoms with Crippen LogP contribution in [0.1, 0.15) is 5.56 Å². The largest absolute Gasteiger partial charge is 0.508 e. The minimum absolute atomic E-state index is 0.212. The molecule has 0 aliphatic rings. The lowest BCUT2D eigenvalue weighted by Crippen LogP contribution is -2.05. The first-order chi connectivity index (χ1) is 10.7. The number of benzene rings is 2. The third-order valence-corrected chi connectivity index (χ3v) is 3.39. The van der Waals surface area contributed by atoms with Gasteiger partial charge in [0, 0.05) is 29.8 Å². The summed E-state index contributed by atoms with van der Waals surface area (Å²) in [6.07, 6.45) is 0. The number of rotatable bonds is 4. The van der Waals surface area contributed by atoms with Crippen LogP contribution in [-0.4, -0.2) is 12.2 Å². The van der Waals surface area contributed by atoms with Gasteiger partial charge in [0.1, 0.15) is 17.1 Å². The van der Waals surface area contributed by atoms with Crippen molar-refractivity contribution in [3.05, 3.63) is 64.5 Å². The molecule has 2 aromatic carbocycles. The average molecular weight is 297 g/mol. The maximum atomic E-state index is 11.7. The molecule has 112 valence electrons. The second kappa shape index (κ2) is 5.81. The van der Waals surface area contributed by atoms with Crippen molar-refractivity contribution >= 4 is 16.7 Å². The molecule has 5 heteroatoms. The Morgan fingerprint density at radius 2 is 1.91 bits per heavy atom. The SMILES string of the molecule is COc1ccc2c(CNc3ccc(O)cc3)cc(=O)oc2c1. The van der Waals surface area contributed by atoms with E-state index in [9.17, 15) is 9.90 Å². The first kappa shape index (κ1) is 14.0. The topological polar surface area (TPSA) is 71.7 Å². The molecule has 3 rings (SSSR count). The van der Waals surface area contributed by atoms with Gasteiger partial charge in [0.2, 0.25) is 0 Å². The van der Waals surface area contributed by atoms with Gasteiger partial charge in [-0.25, -0.2) is 4.79 Å². The zero-order valence-corrected chi connectivity index (χ0v) is 12.0. The number of phenolic OH excluding ortho intramolecular Hbond substituents is 1. The van der Waals surface area contributed by atoms with Gasteiger partial charge in [-0.3, -0.25) is 0 Å². The third-order valence-electron chi connectivity index (χ3n) is 3.39. The summed E-state index contributed by atoms with van der Waals surface area (Å²) in [6, 6.07) is 13.6. The number of fused-ring (bicyclic) bond motifs is 1. The number of ether oxygens (including phenoxy) is 1. The first-order valence-corrected chi connectivity index (χ1v) is 6.79. The molecule has 0 saturated carbocycles. The van der Waals surface area contributed by atoms with Crippen molar-refractivity contribution in [2.45, 2.75) is 6.54 Å². The molecule has 0 atom stereocenters. The normalized spacial score (nSPS) is 10.6. The number of methoxy groups -OCH3 is 1. The molecule has 22 heavy (non-hydrogen) atoms. The number of hydrogen-bond acceptors (Lipinski definition) is 5. The van der Waals surface area contributed by atoms with Crippen LogP contribution in [0.25, 0.3) is 11.0 Å². The van der Waals surface area contributed by atoms with E-state index in [2.05, 4.69) is 5.32 Å². The summed E-state index contributed by atoms with van der Waals surface area (Å²) in [6.45, 7) is 0.471. The second-order valence-electron chi connectivity index (χ2n) is 4.85. The van der Waals surface area contributed by atoms with Crippen molar-refractivity contribution in [2.24, 2.45) is 0 Å². The van der Waals surface area contributed by atoms with Gasteiger partial charge in [-0.15, -0.1) is 0 Å². The van der Waals surface area contributed by atoms with Gasteiger partial charge in [0.25, 0.3) is 0 Å². The van der Waals surface area contributed by atoms with Crippen LogP contribution in [-0.2, 0) is 6.54 Å². The van der Waals surface area contributed by atoms with Gasteiger partial charge in [-0.1, -0.05) is 0 Å². The number of nitrogens with one attached hydrogen (secondary N) is 1. The van der Waals surface area contributed by atoms with E-state index in [-0.39, 0.29) is 5.75 Å². The Hall–Kier alpha value is -2.95. The predicted octanol–water partition coefficient (Wildman–Crippen LogP) is 3.12. The van der Waals surface area contributed by atoms with Crippen molar-refractivity contribution < 1.29 is 14.3 Å². The first-order valence-electron chi connectivity index (χ1n) is 6.79. The van der Waals surface area contributed by atoms with Crippen LogP contribution < -0.4 is 15.7 Å². The zero-order valence-electron chi connectivity index (χ0n) is 12.0. The fourth-order valence-corrected chi connectivity index (χ4v) is 2.26. The standard InChI is InChI=1S/C17H15NO4/c1-21-14-6-7-15-11(8-17(20)22-16(15)9-14)10-18-12-2-4-13(19)5-3-12/h2-9,18-19H,10H2,1H3. The Balaban J connectivity index is 1.92. The fourth-order valence-electron chi connectivity index (χ4n) is 2.26. The number of aromatic hydroxyl groups is 1. The Morgan fingerprint density at radius 3 is 2.64 bits per heavy atom. The average Bonchev–Trinajstić information content (AvgIpc) is 2.53. The van der Waals surface area contributed by atoms with E-state index in [0.29, 0.717) is 17.9 Å². The molecule has 5 nitrogen and oxygen atoms in total. The van der Waals surface area contributed by atoms with Crippen molar-refractivity contribution in [1.29, 1.82) is 0 Å². The summed E-state index contributed by atoms with van der Waals surface area (Å²) < 4.78 is 10.4. The van der Waals surface area contributed by atoms with Crippen LogP contribution >= 0.6 is 0 Å². The summed E-state index contributed by atoms with van der Waals surface area (Å²) >= 11 is 0. The summed E-state index contributed by atoms with van der Waals surface area (Å²) in [4.78, 5) is 11.7. The van der Waals surface area contributed by atoms with Gasteiger partial charge in [-0.05, 0) is 42.0 Å². The highest BCUT2D eigenvalue weighted by atomic mass is 16.5. The minimum atomic E-state index is -0.400. The van der Waals surface area contributed by atoms with Gasteiger partial charge >= 0.3 is 5.63 Å². The van der Waals surface area contributed by atoms with Crippen molar-refractivity contribution in [1.82, 2.24) is 0 Å². The smallest absolute Gasteiger partial charge is 0.336 e. The van der Waals surface area contributed by atoms with Gasteiger partial charge < -0.3 is 19.6 Å². The van der Waals surface area contributed by atoms with Crippen molar-refractivity contribution in [2.75, 3.05) is 12.4 Å². The summed E-state index contributed by atoms with van der Waals surface area (Å²) in [7, 11) is 1.56. The Labute approximate surface area is 126 Å². The molecule has 0 bridgehead atoms. The van der Waals surface area contributed by atoms with E-state index in [1.807, 2.05) is 12.1 Å². The lowest BCUT2D eigenvalue weighted by molar-refractivity contribution is 0.414. The predicted molar refractivity (Wildman–Crippen MR) is 84.5 cm³/mol. The molecule has 0 spiro atoms. The molecule has 1 aromatic heterocycles. The number of anilines is 1. The maximum absolute atomic E-state index is 11.7. The Bertz CT molecular complexity index is 853. The van der Waals surface area contributed by atoms with E-state index < -0.39 is 5.63 Å². The summed E-state index contributed by atoms with van der Waals surface area (Å²) in [5, 5.41) is 13.3. The second-order valence-corrected chi connectivity index (χ2v) is 4.85. The zero-order chi connectivity index (χ0) is 15.5. The molecule has 0 amide bonds. The molecule has 0 saturated heterocycles. The fraction of sp³-hybridized carbons (Fsp3) is 0.118. The number of phenols is 1.